The van der Waals surface area contributed by atoms with Gasteiger partial charge in [0.2, 0.25) is 0 Å². The first-order valence-electron chi connectivity index (χ1n) is 11.4. The molecule has 3 heterocycles. The first kappa shape index (κ1) is 23.1. The number of rotatable bonds is 6. The summed E-state index contributed by atoms with van der Waals surface area (Å²) in [6.07, 6.45) is 2.18. The average Bonchev–Trinajstić information content (AvgIpc) is 3.33. The van der Waals surface area contributed by atoms with Gasteiger partial charge in [-0.1, -0.05) is 35.9 Å². The lowest BCUT2D eigenvalue weighted by Gasteiger charge is -2.30. The minimum absolute atomic E-state index is 0.177. The van der Waals surface area contributed by atoms with Crippen LogP contribution in [0.5, 0.6) is 5.75 Å². The van der Waals surface area contributed by atoms with Crippen molar-refractivity contribution in [3.8, 4) is 5.75 Å². The second kappa shape index (κ2) is 9.56. The van der Waals surface area contributed by atoms with Crippen molar-refractivity contribution in [1.82, 2.24) is 24.4 Å². The summed E-state index contributed by atoms with van der Waals surface area (Å²) in [4.78, 5) is 28.6. The Kier molecular flexibility index (Phi) is 6.32. The number of aromatic nitrogens is 3. The van der Waals surface area contributed by atoms with E-state index in [1.54, 1.807) is 19.2 Å². The summed E-state index contributed by atoms with van der Waals surface area (Å²) in [6, 6.07) is 15.3. The predicted molar refractivity (Wildman–Crippen MR) is 134 cm³/mol. The van der Waals surface area contributed by atoms with Crippen molar-refractivity contribution < 1.29 is 9.53 Å². The third-order valence-corrected chi connectivity index (χ3v) is 6.74. The van der Waals surface area contributed by atoms with Crippen molar-refractivity contribution >= 4 is 23.2 Å². The van der Waals surface area contributed by atoms with Gasteiger partial charge in [0.1, 0.15) is 11.3 Å². The van der Waals surface area contributed by atoms with Crippen molar-refractivity contribution in [2.24, 2.45) is 7.05 Å². The molecule has 180 valence electrons. The number of fused-ring (bicyclic) bond motifs is 2. The van der Waals surface area contributed by atoms with Gasteiger partial charge in [-0.05, 0) is 35.4 Å². The quantitative estimate of drug-likeness (QED) is 0.448. The first-order chi connectivity index (χ1) is 16.9. The van der Waals surface area contributed by atoms with Crippen LogP contribution in [0.1, 0.15) is 32.7 Å². The maximum Gasteiger partial charge on any atom is 0.279 e. The fourth-order valence-electron chi connectivity index (χ4n) is 4.60. The molecule has 0 bridgehead atoms. The average molecular weight is 492 g/mol. The molecular weight excluding hydrogens is 466 g/mol. The number of carbonyl (C=O) groups excluding carboxylic acids is 1. The SMILES string of the molecule is COc1ccc(CN2CCc3c(c(=O)n4ncc(C(=O)NCc5ccc(Cl)cc5)c4n3C)C2)cc1. The zero-order valence-corrected chi connectivity index (χ0v) is 20.4. The van der Waals surface area contributed by atoms with E-state index < -0.39 is 0 Å². The van der Waals surface area contributed by atoms with E-state index in [1.165, 1.54) is 10.7 Å². The van der Waals surface area contributed by atoms with E-state index in [9.17, 15) is 9.59 Å². The van der Waals surface area contributed by atoms with Crippen LogP contribution >= 0.6 is 11.6 Å². The summed E-state index contributed by atoms with van der Waals surface area (Å²) >= 11 is 5.93. The summed E-state index contributed by atoms with van der Waals surface area (Å²) in [5.74, 6) is 0.544. The number of aryl methyl sites for hydroxylation is 1. The fraction of sp³-hybridized carbons (Fsp3) is 0.269. The van der Waals surface area contributed by atoms with E-state index in [-0.39, 0.29) is 11.5 Å². The van der Waals surface area contributed by atoms with E-state index in [0.29, 0.717) is 35.7 Å². The van der Waals surface area contributed by atoms with E-state index in [2.05, 4.69) is 15.3 Å². The molecule has 1 N–H and O–H groups in total. The van der Waals surface area contributed by atoms with Gasteiger partial charge in [0.15, 0.2) is 5.65 Å². The molecule has 35 heavy (non-hydrogen) atoms. The number of methoxy groups -OCH3 is 1. The lowest BCUT2D eigenvalue weighted by Crippen LogP contribution is -2.38. The standard InChI is InChI=1S/C26H26ClN5O3/c1-30-23-11-12-31(15-18-5-9-20(35-2)10-6-18)16-22(23)26(34)32-25(30)21(14-29-32)24(33)28-13-17-3-7-19(27)8-4-17/h3-10,14H,11-13,15-16H2,1-2H3,(H,28,33). The third-order valence-electron chi connectivity index (χ3n) is 6.49. The van der Waals surface area contributed by atoms with Gasteiger partial charge in [0.25, 0.3) is 11.5 Å². The number of benzene rings is 2. The molecule has 4 aromatic rings. The molecule has 1 aliphatic rings. The Bertz CT molecular complexity index is 1440. The summed E-state index contributed by atoms with van der Waals surface area (Å²) < 4.78 is 8.51. The lowest BCUT2D eigenvalue weighted by atomic mass is 10.1. The number of hydrogen-bond donors (Lipinski definition) is 1. The molecule has 8 nitrogen and oxygen atoms in total. The van der Waals surface area contributed by atoms with Gasteiger partial charge in [-0.2, -0.15) is 9.61 Å². The summed E-state index contributed by atoms with van der Waals surface area (Å²) in [5.41, 5.74) is 4.46. The Hall–Kier alpha value is -3.62. The Morgan fingerprint density at radius 1 is 1.11 bits per heavy atom. The van der Waals surface area contributed by atoms with Crippen LogP contribution in [0.4, 0.5) is 0 Å². The lowest BCUT2D eigenvalue weighted by molar-refractivity contribution is 0.0952. The molecule has 0 saturated heterocycles. The molecule has 2 aromatic carbocycles. The molecule has 9 heteroatoms. The van der Waals surface area contributed by atoms with Gasteiger partial charge >= 0.3 is 0 Å². The highest BCUT2D eigenvalue weighted by atomic mass is 35.5. The summed E-state index contributed by atoms with van der Waals surface area (Å²) in [6.45, 7) is 2.44. The minimum Gasteiger partial charge on any atom is -0.497 e. The predicted octanol–water partition coefficient (Wildman–Crippen LogP) is 3.18. The van der Waals surface area contributed by atoms with Gasteiger partial charge in [0, 0.05) is 50.4 Å². The topological polar surface area (TPSA) is 80.9 Å². The van der Waals surface area contributed by atoms with Gasteiger partial charge in [-0.25, -0.2) is 0 Å². The van der Waals surface area contributed by atoms with Gasteiger partial charge in [-0.15, -0.1) is 0 Å². The molecule has 0 spiro atoms. The van der Waals surface area contributed by atoms with Crippen LogP contribution in [0.25, 0.3) is 5.65 Å². The zero-order chi connectivity index (χ0) is 24.5. The third kappa shape index (κ3) is 4.54. The molecule has 0 atom stereocenters. The van der Waals surface area contributed by atoms with E-state index in [4.69, 9.17) is 16.3 Å². The van der Waals surface area contributed by atoms with Crippen molar-refractivity contribution in [2.75, 3.05) is 13.7 Å². The van der Waals surface area contributed by atoms with Crippen LogP contribution in [0.2, 0.25) is 5.02 Å². The molecule has 1 amide bonds. The maximum absolute atomic E-state index is 13.4. The number of nitrogens with one attached hydrogen (secondary N) is 1. The number of carbonyl (C=O) groups is 1. The number of hydrogen-bond acceptors (Lipinski definition) is 5. The fourth-order valence-corrected chi connectivity index (χ4v) is 4.73. The van der Waals surface area contributed by atoms with Crippen LogP contribution in [0, 0.1) is 0 Å². The monoisotopic (exact) mass is 491 g/mol. The van der Waals surface area contributed by atoms with Crippen molar-refractivity contribution in [3.05, 3.63) is 98.1 Å². The van der Waals surface area contributed by atoms with Crippen LogP contribution in [0.3, 0.4) is 0 Å². The molecule has 0 saturated carbocycles. The van der Waals surface area contributed by atoms with E-state index in [0.717, 1.165) is 41.2 Å². The second-order valence-corrected chi connectivity index (χ2v) is 9.14. The maximum atomic E-state index is 13.4. The molecule has 2 aromatic heterocycles. The molecule has 0 fully saturated rings. The Balaban J connectivity index is 1.38. The van der Waals surface area contributed by atoms with Gasteiger partial charge in [-0.3, -0.25) is 14.5 Å². The van der Waals surface area contributed by atoms with E-state index in [1.807, 2.05) is 48.0 Å². The van der Waals surface area contributed by atoms with Crippen molar-refractivity contribution in [1.29, 1.82) is 0 Å². The highest BCUT2D eigenvalue weighted by molar-refractivity contribution is 6.30. The summed E-state index contributed by atoms with van der Waals surface area (Å²) in [7, 11) is 3.54. The van der Waals surface area contributed by atoms with Crippen molar-refractivity contribution in [3.63, 3.8) is 0 Å². The highest BCUT2D eigenvalue weighted by Crippen LogP contribution is 2.22. The Morgan fingerprint density at radius 3 is 2.54 bits per heavy atom. The number of ether oxygens (including phenoxy) is 1. The van der Waals surface area contributed by atoms with Crippen LogP contribution in [-0.4, -0.2) is 38.6 Å². The zero-order valence-electron chi connectivity index (χ0n) is 19.6. The number of nitrogens with zero attached hydrogens (tertiary/aromatic N) is 4. The smallest absolute Gasteiger partial charge is 0.279 e. The van der Waals surface area contributed by atoms with E-state index >= 15 is 0 Å². The molecule has 5 rings (SSSR count). The highest BCUT2D eigenvalue weighted by Gasteiger charge is 2.26. The minimum atomic E-state index is -0.276. The Morgan fingerprint density at radius 2 is 1.83 bits per heavy atom. The molecule has 0 radical (unpaired) electrons. The molecule has 0 aliphatic carbocycles. The molecular formula is C26H26ClN5O3. The van der Waals surface area contributed by atoms with Crippen LogP contribution in [0.15, 0.2) is 59.5 Å². The summed E-state index contributed by atoms with van der Waals surface area (Å²) in [5, 5.41) is 7.83. The normalized spacial score (nSPS) is 13.6. The Labute approximate surface area is 207 Å². The van der Waals surface area contributed by atoms with Crippen molar-refractivity contribution in [2.45, 2.75) is 26.1 Å². The van der Waals surface area contributed by atoms with Crippen LogP contribution < -0.4 is 15.6 Å². The first-order valence-corrected chi connectivity index (χ1v) is 11.8. The molecule has 1 aliphatic heterocycles. The molecule has 0 unspecified atom stereocenters. The van der Waals surface area contributed by atoms with Gasteiger partial charge in [0.05, 0.1) is 18.9 Å². The second-order valence-electron chi connectivity index (χ2n) is 8.70. The largest absolute Gasteiger partial charge is 0.497 e. The van der Waals surface area contributed by atoms with Gasteiger partial charge < -0.3 is 14.6 Å². The number of amides is 1. The van der Waals surface area contributed by atoms with Crippen LogP contribution in [-0.2, 0) is 33.1 Å². The number of halogens is 1.